The summed E-state index contributed by atoms with van der Waals surface area (Å²) in [6, 6.07) is 2.36. The van der Waals surface area contributed by atoms with Crippen LogP contribution in [0.3, 0.4) is 0 Å². The molecule has 0 aliphatic carbocycles. The Morgan fingerprint density at radius 2 is 2.06 bits per heavy atom. The molecule has 2 N–H and O–H groups in total. The summed E-state index contributed by atoms with van der Waals surface area (Å²) in [4.78, 5) is 11.9. The molecule has 1 heterocycles. The smallest absolute Gasteiger partial charge is 0.244 e. The van der Waals surface area contributed by atoms with Crippen molar-refractivity contribution >= 4 is 11.6 Å². The zero-order valence-corrected chi connectivity index (χ0v) is 9.87. The number of nitrogens with one attached hydrogen (secondary N) is 2. The van der Waals surface area contributed by atoms with Crippen molar-refractivity contribution in [1.82, 2.24) is 5.32 Å². The van der Waals surface area contributed by atoms with E-state index in [4.69, 9.17) is 4.74 Å². The van der Waals surface area contributed by atoms with Crippen molar-refractivity contribution in [2.75, 3.05) is 18.5 Å². The van der Waals surface area contributed by atoms with Gasteiger partial charge in [-0.1, -0.05) is 0 Å². The summed E-state index contributed by atoms with van der Waals surface area (Å²) in [6.07, 6.45) is -0.280. The SMILES string of the molecule is C[C@H]1OCCN[C@@H]1C(=O)Nc1cc(F)cc(F)c1. The lowest BCUT2D eigenvalue weighted by Crippen LogP contribution is -2.53. The van der Waals surface area contributed by atoms with Crippen LogP contribution >= 0.6 is 0 Å². The molecule has 1 amide bonds. The second-order valence-electron chi connectivity index (χ2n) is 4.16. The third-order valence-electron chi connectivity index (χ3n) is 2.73. The maximum Gasteiger partial charge on any atom is 0.244 e. The number of hydrogen-bond acceptors (Lipinski definition) is 3. The minimum Gasteiger partial charge on any atom is -0.375 e. The van der Waals surface area contributed by atoms with Crippen LogP contribution in [-0.2, 0) is 9.53 Å². The van der Waals surface area contributed by atoms with E-state index < -0.39 is 17.7 Å². The van der Waals surface area contributed by atoms with E-state index in [1.165, 1.54) is 0 Å². The van der Waals surface area contributed by atoms with E-state index in [1.54, 1.807) is 6.92 Å². The molecule has 6 heteroatoms. The monoisotopic (exact) mass is 256 g/mol. The van der Waals surface area contributed by atoms with E-state index in [-0.39, 0.29) is 17.7 Å². The van der Waals surface area contributed by atoms with Crippen molar-refractivity contribution < 1.29 is 18.3 Å². The van der Waals surface area contributed by atoms with Crippen molar-refractivity contribution in [1.29, 1.82) is 0 Å². The fraction of sp³-hybridized carbons (Fsp3) is 0.417. The number of ether oxygens (including phenoxy) is 1. The molecule has 18 heavy (non-hydrogen) atoms. The largest absolute Gasteiger partial charge is 0.375 e. The van der Waals surface area contributed by atoms with Crippen molar-refractivity contribution in [2.45, 2.75) is 19.1 Å². The van der Waals surface area contributed by atoms with Gasteiger partial charge >= 0.3 is 0 Å². The first-order valence-electron chi connectivity index (χ1n) is 5.68. The summed E-state index contributed by atoms with van der Waals surface area (Å²) in [5.41, 5.74) is 0.0945. The Hall–Kier alpha value is -1.53. The predicted molar refractivity (Wildman–Crippen MR) is 62.2 cm³/mol. The van der Waals surface area contributed by atoms with Crippen LogP contribution in [0.4, 0.5) is 14.5 Å². The summed E-state index contributed by atoms with van der Waals surface area (Å²) in [6.45, 7) is 2.88. The molecule has 98 valence electrons. The molecule has 4 nitrogen and oxygen atoms in total. The number of benzene rings is 1. The molecule has 1 aromatic rings. The summed E-state index contributed by atoms with van der Waals surface area (Å²) >= 11 is 0. The van der Waals surface area contributed by atoms with Crippen LogP contribution in [0, 0.1) is 11.6 Å². The highest BCUT2D eigenvalue weighted by molar-refractivity contribution is 5.95. The predicted octanol–water partition coefficient (Wildman–Crippen LogP) is 1.28. The first kappa shape index (κ1) is 12.9. The Morgan fingerprint density at radius 3 is 2.67 bits per heavy atom. The number of anilines is 1. The van der Waals surface area contributed by atoms with Crippen molar-refractivity contribution in [2.24, 2.45) is 0 Å². The Bertz CT molecular complexity index is 433. The highest BCUT2D eigenvalue weighted by atomic mass is 19.1. The van der Waals surface area contributed by atoms with Gasteiger partial charge < -0.3 is 15.4 Å². The maximum atomic E-state index is 13.0. The fourth-order valence-corrected chi connectivity index (χ4v) is 1.87. The number of carbonyl (C=O) groups is 1. The normalized spacial score (nSPS) is 23.7. The van der Waals surface area contributed by atoms with E-state index in [1.807, 2.05) is 0 Å². The molecule has 2 rings (SSSR count). The highest BCUT2D eigenvalue weighted by Gasteiger charge is 2.28. The van der Waals surface area contributed by atoms with E-state index in [0.717, 1.165) is 18.2 Å². The van der Waals surface area contributed by atoms with Crippen LogP contribution in [0.2, 0.25) is 0 Å². The van der Waals surface area contributed by atoms with Crippen molar-refractivity contribution in [3.05, 3.63) is 29.8 Å². The molecule has 1 aliphatic rings. The number of morpholine rings is 1. The third kappa shape index (κ3) is 3.02. The van der Waals surface area contributed by atoms with Gasteiger partial charge in [0.05, 0.1) is 12.7 Å². The van der Waals surface area contributed by atoms with Gasteiger partial charge in [-0.3, -0.25) is 4.79 Å². The molecule has 2 atom stereocenters. The Morgan fingerprint density at radius 1 is 1.39 bits per heavy atom. The molecular formula is C12H14F2N2O2. The Balaban J connectivity index is 2.06. The van der Waals surface area contributed by atoms with Crippen LogP contribution in [0.25, 0.3) is 0 Å². The lowest BCUT2D eigenvalue weighted by atomic mass is 10.1. The minimum absolute atomic E-state index is 0.0945. The lowest BCUT2D eigenvalue weighted by Gasteiger charge is -2.29. The number of rotatable bonds is 2. The molecule has 0 bridgehead atoms. The summed E-state index contributed by atoms with van der Waals surface area (Å²) < 4.78 is 31.3. The average Bonchev–Trinajstić information content (AvgIpc) is 2.27. The van der Waals surface area contributed by atoms with E-state index in [9.17, 15) is 13.6 Å². The summed E-state index contributed by atoms with van der Waals surface area (Å²) in [5, 5.41) is 5.46. The third-order valence-corrected chi connectivity index (χ3v) is 2.73. The lowest BCUT2D eigenvalue weighted by molar-refractivity contribution is -0.123. The van der Waals surface area contributed by atoms with E-state index >= 15 is 0 Å². The number of amides is 1. The Kier molecular flexibility index (Phi) is 3.88. The molecule has 1 aliphatic heterocycles. The van der Waals surface area contributed by atoms with Gasteiger partial charge in [0.1, 0.15) is 17.7 Å². The van der Waals surface area contributed by atoms with Gasteiger partial charge in [0.15, 0.2) is 0 Å². The molecule has 1 saturated heterocycles. The van der Waals surface area contributed by atoms with Crippen LogP contribution in [0.5, 0.6) is 0 Å². The van der Waals surface area contributed by atoms with Crippen LogP contribution in [0.1, 0.15) is 6.92 Å². The van der Waals surface area contributed by atoms with Gasteiger partial charge in [-0.05, 0) is 19.1 Å². The van der Waals surface area contributed by atoms with Crippen molar-refractivity contribution in [3.8, 4) is 0 Å². The summed E-state index contributed by atoms with van der Waals surface area (Å²) in [7, 11) is 0. The van der Waals surface area contributed by atoms with Crippen LogP contribution in [-0.4, -0.2) is 31.2 Å². The zero-order valence-electron chi connectivity index (χ0n) is 9.87. The quantitative estimate of drug-likeness (QED) is 0.838. The minimum atomic E-state index is -0.730. The molecule has 0 spiro atoms. The molecule has 1 fully saturated rings. The number of hydrogen-bond donors (Lipinski definition) is 2. The van der Waals surface area contributed by atoms with Gasteiger partial charge in [0, 0.05) is 18.3 Å². The van der Waals surface area contributed by atoms with E-state index in [2.05, 4.69) is 10.6 Å². The molecule has 0 radical (unpaired) electrons. The second kappa shape index (κ2) is 5.41. The van der Waals surface area contributed by atoms with Crippen molar-refractivity contribution in [3.63, 3.8) is 0 Å². The zero-order chi connectivity index (χ0) is 13.1. The van der Waals surface area contributed by atoms with E-state index in [0.29, 0.717) is 13.2 Å². The fourth-order valence-electron chi connectivity index (χ4n) is 1.87. The number of carbonyl (C=O) groups excluding carboxylic acids is 1. The van der Waals surface area contributed by atoms with Gasteiger partial charge in [-0.25, -0.2) is 8.78 Å². The molecular weight excluding hydrogens is 242 g/mol. The first-order chi connectivity index (χ1) is 8.56. The number of halogens is 2. The Labute approximate surface area is 103 Å². The van der Waals surface area contributed by atoms with Gasteiger partial charge in [0.2, 0.25) is 5.91 Å². The molecule has 1 aromatic carbocycles. The standard InChI is InChI=1S/C12H14F2N2O2/c1-7-11(15-2-3-18-7)12(17)16-10-5-8(13)4-9(14)6-10/h4-7,11,15H,2-3H2,1H3,(H,16,17)/t7-,11+/m1/s1. The average molecular weight is 256 g/mol. The molecule has 0 unspecified atom stereocenters. The van der Waals surface area contributed by atoms with Crippen LogP contribution < -0.4 is 10.6 Å². The second-order valence-corrected chi connectivity index (χ2v) is 4.16. The molecule has 0 aromatic heterocycles. The maximum absolute atomic E-state index is 13.0. The van der Waals surface area contributed by atoms with Gasteiger partial charge in [-0.15, -0.1) is 0 Å². The topological polar surface area (TPSA) is 50.4 Å². The first-order valence-corrected chi connectivity index (χ1v) is 5.68. The summed E-state index contributed by atoms with van der Waals surface area (Å²) in [5.74, 6) is -1.83. The highest BCUT2D eigenvalue weighted by Crippen LogP contribution is 2.14. The molecule has 0 saturated carbocycles. The van der Waals surface area contributed by atoms with Gasteiger partial charge in [-0.2, -0.15) is 0 Å². The van der Waals surface area contributed by atoms with Gasteiger partial charge in [0.25, 0.3) is 0 Å². The van der Waals surface area contributed by atoms with Crippen LogP contribution in [0.15, 0.2) is 18.2 Å².